The fourth-order valence-corrected chi connectivity index (χ4v) is 2.27. The van der Waals surface area contributed by atoms with Gasteiger partial charge in [-0.1, -0.05) is 36.4 Å². The molecule has 0 amide bonds. The Balaban J connectivity index is 2.07. The maximum Gasteiger partial charge on any atom is 0.124 e. The van der Waals surface area contributed by atoms with Crippen molar-refractivity contribution in [2.24, 2.45) is 0 Å². The summed E-state index contributed by atoms with van der Waals surface area (Å²) >= 11 is 0. The van der Waals surface area contributed by atoms with E-state index in [4.69, 9.17) is 10.5 Å². The first-order valence-electron chi connectivity index (χ1n) is 7.40. The molecule has 0 aliphatic carbocycles. The molecule has 0 saturated heterocycles. The van der Waals surface area contributed by atoms with E-state index >= 15 is 0 Å². The third-order valence-corrected chi connectivity index (χ3v) is 3.40. The third kappa shape index (κ3) is 4.23. The molecule has 0 bridgehead atoms. The number of hydrogen-bond acceptors (Lipinski definition) is 3. The molecule has 2 rings (SSSR count). The molecular weight excluding hydrogens is 260 g/mol. The van der Waals surface area contributed by atoms with Gasteiger partial charge < -0.3 is 15.8 Å². The minimum absolute atomic E-state index is 0.170. The minimum Gasteiger partial charge on any atom is -0.491 e. The Bertz CT molecular complexity index is 581. The summed E-state index contributed by atoms with van der Waals surface area (Å²) in [5, 5.41) is 3.51. The number of nitrogens with two attached hydrogens (primary N) is 1. The molecule has 0 aliphatic rings. The Labute approximate surface area is 127 Å². The molecule has 2 aromatic rings. The lowest BCUT2D eigenvalue weighted by atomic mass is 10.1. The number of ether oxygens (including phenoxy) is 1. The average Bonchev–Trinajstić information content (AvgIpc) is 2.46. The van der Waals surface area contributed by atoms with Crippen molar-refractivity contribution < 1.29 is 4.74 Å². The largest absolute Gasteiger partial charge is 0.491 e. The van der Waals surface area contributed by atoms with Crippen LogP contribution in [0.4, 0.5) is 5.69 Å². The normalized spacial score (nSPS) is 12.4. The fraction of sp³-hybridized carbons (Fsp3) is 0.333. The molecule has 0 heterocycles. The van der Waals surface area contributed by atoms with E-state index in [1.807, 2.05) is 56.3 Å². The van der Waals surface area contributed by atoms with Crippen LogP contribution in [0, 0.1) is 0 Å². The van der Waals surface area contributed by atoms with Crippen LogP contribution in [-0.2, 0) is 6.54 Å². The van der Waals surface area contributed by atoms with Crippen molar-refractivity contribution in [1.29, 1.82) is 0 Å². The molecule has 0 fully saturated rings. The second-order valence-corrected chi connectivity index (χ2v) is 5.51. The summed E-state index contributed by atoms with van der Waals surface area (Å²) in [6.07, 6.45) is 0.170. The van der Waals surface area contributed by atoms with E-state index in [1.54, 1.807) is 0 Å². The predicted molar refractivity (Wildman–Crippen MR) is 88.3 cm³/mol. The van der Waals surface area contributed by atoms with E-state index in [1.165, 1.54) is 5.56 Å². The maximum absolute atomic E-state index is 5.98. The minimum atomic E-state index is 0.170. The van der Waals surface area contributed by atoms with Crippen molar-refractivity contribution >= 4 is 5.69 Å². The van der Waals surface area contributed by atoms with Gasteiger partial charge in [-0.3, -0.25) is 0 Å². The Morgan fingerprint density at radius 2 is 1.67 bits per heavy atom. The van der Waals surface area contributed by atoms with E-state index < -0.39 is 0 Å². The second kappa shape index (κ2) is 7.14. The highest BCUT2D eigenvalue weighted by atomic mass is 16.5. The van der Waals surface area contributed by atoms with Gasteiger partial charge in [-0.05, 0) is 38.5 Å². The van der Waals surface area contributed by atoms with Crippen molar-refractivity contribution in [3.63, 3.8) is 0 Å². The lowest BCUT2D eigenvalue weighted by Crippen LogP contribution is -2.20. The summed E-state index contributed by atoms with van der Waals surface area (Å²) in [6, 6.07) is 16.3. The summed E-state index contributed by atoms with van der Waals surface area (Å²) in [4.78, 5) is 0. The summed E-state index contributed by atoms with van der Waals surface area (Å²) in [5.74, 6) is 0.938. The average molecular weight is 284 g/mol. The van der Waals surface area contributed by atoms with Crippen LogP contribution >= 0.6 is 0 Å². The number of hydrogen-bond donors (Lipinski definition) is 2. The second-order valence-electron chi connectivity index (χ2n) is 5.51. The van der Waals surface area contributed by atoms with Gasteiger partial charge in [-0.2, -0.15) is 0 Å². The molecule has 1 atom stereocenters. The van der Waals surface area contributed by atoms with Crippen molar-refractivity contribution in [1.82, 2.24) is 5.32 Å². The lowest BCUT2D eigenvalue weighted by molar-refractivity contribution is 0.238. The summed E-state index contributed by atoms with van der Waals surface area (Å²) in [7, 11) is 0. The van der Waals surface area contributed by atoms with Crippen LogP contribution in [-0.4, -0.2) is 6.10 Å². The highest BCUT2D eigenvalue weighted by Gasteiger charge is 2.12. The van der Waals surface area contributed by atoms with Crippen LogP contribution in [0.5, 0.6) is 5.75 Å². The van der Waals surface area contributed by atoms with E-state index in [0.29, 0.717) is 0 Å². The molecule has 3 heteroatoms. The van der Waals surface area contributed by atoms with Crippen LogP contribution < -0.4 is 15.8 Å². The van der Waals surface area contributed by atoms with Gasteiger partial charge in [0.2, 0.25) is 0 Å². The van der Waals surface area contributed by atoms with Gasteiger partial charge in [-0.25, -0.2) is 0 Å². The molecule has 0 aliphatic heterocycles. The molecule has 1 unspecified atom stereocenters. The molecule has 0 radical (unpaired) electrons. The fourth-order valence-electron chi connectivity index (χ4n) is 2.27. The van der Waals surface area contributed by atoms with Gasteiger partial charge in [0.05, 0.1) is 6.10 Å². The predicted octanol–water partition coefficient (Wildman–Crippen LogP) is 3.91. The Morgan fingerprint density at radius 1 is 1.00 bits per heavy atom. The number of anilines is 1. The van der Waals surface area contributed by atoms with E-state index in [9.17, 15) is 0 Å². The topological polar surface area (TPSA) is 47.3 Å². The Morgan fingerprint density at radius 3 is 2.38 bits per heavy atom. The number of para-hydroxylation sites is 2. The van der Waals surface area contributed by atoms with Gasteiger partial charge >= 0.3 is 0 Å². The first-order chi connectivity index (χ1) is 10.1. The Hall–Kier alpha value is -2.00. The van der Waals surface area contributed by atoms with Crippen LogP contribution in [0.1, 0.15) is 37.9 Å². The van der Waals surface area contributed by atoms with Gasteiger partial charge in [-0.15, -0.1) is 0 Å². The van der Waals surface area contributed by atoms with Crippen molar-refractivity contribution in [2.45, 2.75) is 39.5 Å². The molecule has 0 saturated carbocycles. The van der Waals surface area contributed by atoms with Crippen molar-refractivity contribution in [3.8, 4) is 5.75 Å². The van der Waals surface area contributed by atoms with Gasteiger partial charge in [0, 0.05) is 23.8 Å². The zero-order chi connectivity index (χ0) is 15.2. The summed E-state index contributed by atoms with van der Waals surface area (Å²) in [5.41, 5.74) is 9.08. The summed E-state index contributed by atoms with van der Waals surface area (Å²) < 4.78 is 5.88. The number of nitrogen functional groups attached to an aromatic ring is 1. The van der Waals surface area contributed by atoms with Crippen LogP contribution in [0.25, 0.3) is 0 Å². The highest BCUT2D eigenvalue weighted by molar-refractivity contribution is 5.46. The SMILES string of the molecule is CC(C)Oc1ccccc1C(C)NCc1ccccc1N. The molecular formula is C18H24N2O. The van der Waals surface area contributed by atoms with Crippen molar-refractivity contribution in [2.75, 3.05) is 5.73 Å². The molecule has 0 aromatic heterocycles. The number of nitrogens with one attached hydrogen (secondary N) is 1. The standard InChI is InChI=1S/C18H24N2O/c1-13(2)21-18-11-7-5-9-16(18)14(3)20-12-15-8-4-6-10-17(15)19/h4-11,13-14,20H,12,19H2,1-3H3. The molecule has 112 valence electrons. The molecule has 3 N–H and O–H groups in total. The van der Waals surface area contributed by atoms with E-state index in [2.05, 4.69) is 18.3 Å². The van der Waals surface area contributed by atoms with Gasteiger partial charge in [0.25, 0.3) is 0 Å². The van der Waals surface area contributed by atoms with Crippen LogP contribution in [0.15, 0.2) is 48.5 Å². The molecule has 21 heavy (non-hydrogen) atoms. The molecule has 3 nitrogen and oxygen atoms in total. The highest BCUT2D eigenvalue weighted by Crippen LogP contribution is 2.26. The Kier molecular flexibility index (Phi) is 5.23. The monoisotopic (exact) mass is 284 g/mol. The first-order valence-corrected chi connectivity index (χ1v) is 7.40. The zero-order valence-corrected chi connectivity index (χ0v) is 13.0. The van der Waals surface area contributed by atoms with Crippen molar-refractivity contribution in [3.05, 3.63) is 59.7 Å². The smallest absolute Gasteiger partial charge is 0.124 e. The third-order valence-electron chi connectivity index (χ3n) is 3.40. The zero-order valence-electron chi connectivity index (χ0n) is 13.0. The lowest BCUT2D eigenvalue weighted by Gasteiger charge is -2.20. The summed E-state index contributed by atoms with van der Waals surface area (Å²) in [6.45, 7) is 6.96. The van der Waals surface area contributed by atoms with Crippen LogP contribution in [0.3, 0.4) is 0 Å². The van der Waals surface area contributed by atoms with E-state index in [-0.39, 0.29) is 12.1 Å². The maximum atomic E-state index is 5.98. The molecule has 2 aromatic carbocycles. The van der Waals surface area contributed by atoms with Gasteiger partial charge in [0.1, 0.15) is 5.75 Å². The van der Waals surface area contributed by atoms with Gasteiger partial charge in [0.15, 0.2) is 0 Å². The van der Waals surface area contributed by atoms with Crippen LogP contribution in [0.2, 0.25) is 0 Å². The number of benzene rings is 2. The number of rotatable bonds is 6. The molecule has 0 spiro atoms. The van der Waals surface area contributed by atoms with E-state index in [0.717, 1.165) is 23.5 Å². The quantitative estimate of drug-likeness (QED) is 0.791. The first kappa shape index (κ1) is 15.4.